The highest BCUT2D eigenvalue weighted by atomic mass is 16.8. The molecule has 0 radical (unpaired) electrons. The fourth-order valence-electron chi connectivity index (χ4n) is 6.90. The second kappa shape index (κ2) is 17.3. The number of nitrogens with zero attached hydrogens (tertiary/aromatic N) is 1. The number of aromatic nitrogens is 1. The maximum Gasteiger partial charge on any atom is 0.274 e. The molecule has 2 aromatic carbocycles. The largest absolute Gasteiger partial charge is 0.489 e. The fourth-order valence-corrected chi connectivity index (χ4v) is 6.90. The topological polar surface area (TPSA) is 173 Å². The monoisotopic (exact) mass is 739 g/mol. The molecule has 0 aliphatic carbocycles. The Bertz CT molecular complexity index is 1700. The molecule has 3 aliphatic heterocycles. The zero-order valence-electron chi connectivity index (χ0n) is 30.3. The van der Waals surface area contributed by atoms with Crippen molar-refractivity contribution in [2.75, 3.05) is 73.1 Å². The lowest BCUT2D eigenvalue weighted by Crippen LogP contribution is -2.64. The SMILES string of the molecule is COC[C@@]12O[C@H]3O[C@H](COc4ccccc4NC(=O)c4cccc(n4)C(=O)Nc4ccccc4OC[C@@H](O1)[C@@H](OC)[C@@H]2OC)[C@@H](OC)[C@H](OC)[C@H]3OC. The van der Waals surface area contributed by atoms with E-state index in [2.05, 4.69) is 15.6 Å². The van der Waals surface area contributed by atoms with Crippen LogP contribution in [0.1, 0.15) is 21.0 Å². The smallest absolute Gasteiger partial charge is 0.274 e. The highest BCUT2D eigenvalue weighted by Crippen LogP contribution is 2.41. The number of ether oxygens (including phenoxy) is 11. The number of amides is 2. The lowest BCUT2D eigenvalue weighted by Gasteiger charge is -2.47. The predicted molar refractivity (Wildman–Crippen MR) is 187 cm³/mol. The normalized spacial score (nSPS) is 30.6. The lowest BCUT2D eigenvalue weighted by molar-refractivity contribution is -0.389. The molecule has 16 nitrogen and oxygen atoms in total. The molecular weight excluding hydrogens is 694 g/mol. The molecule has 0 saturated carbocycles. The third kappa shape index (κ3) is 8.01. The lowest BCUT2D eigenvalue weighted by atomic mass is 9.98. The van der Waals surface area contributed by atoms with Gasteiger partial charge in [-0.3, -0.25) is 9.59 Å². The van der Waals surface area contributed by atoms with Crippen molar-refractivity contribution in [3.8, 4) is 11.5 Å². The van der Waals surface area contributed by atoms with Crippen molar-refractivity contribution in [1.29, 1.82) is 0 Å². The summed E-state index contributed by atoms with van der Waals surface area (Å²) in [7, 11) is 9.13. The van der Waals surface area contributed by atoms with Gasteiger partial charge in [0.25, 0.3) is 11.8 Å². The first-order valence-electron chi connectivity index (χ1n) is 17.0. The van der Waals surface area contributed by atoms with Crippen LogP contribution >= 0.6 is 0 Å². The van der Waals surface area contributed by atoms with Crippen LogP contribution in [0.5, 0.6) is 11.5 Å². The maximum absolute atomic E-state index is 13.5. The van der Waals surface area contributed by atoms with E-state index in [-0.39, 0.29) is 31.2 Å². The number of methoxy groups -OCH3 is 6. The Morgan fingerprint density at radius 2 is 1.19 bits per heavy atom. The molecule has 0 spiro atoms. The first-order valence-corrected chi connectivity index (χ1v) is 17.0. The molecule has 16 heteroatoms. The van der Waals surface area contributed by atoms with E-state index in [1.165, 1.54) is 54.8 Å². The Morgan fingerprint density at radius 1 is 0.642 bits per heavy atom. The van der Waals surface area contributed by atoms with Gasteiger partial charge >= 0.3 is 0 Å². The van der Waals surface area contributed by atoms with E-state index in [1.54, 1.807) is 54.6 Å². The zero-order chi connectivity index (χ0) is 37.5. The average molecular weight is 740 g/mol. The summed E-state index contributed by atoms with van der Waals surface area (Å²) in [5.74, 6) is -2.02. The summed E-state index contributed by atoms with van der Waals surface area (Å²) in [5.41, 5.74) is 0.744. The van der Waals surface area contributed by atoms with Gasteiger partial charge < -0.3 is 62.7 Å². The third-order valence-electron chi connectivity index (χ3n) is 9.34. The minimum atomic E-state index is -1.60. The minimum absolute atomic E-state index is 0.0128. The first-order chi connectivity index (χ1) is 25.8. The summed E-state index contributed by atoms with van der Waals surface area (Å²) in [6, 6.07) is 18.4. The Labute approximate surface area is 307 Å². The van der Waals surface area contributed by atoms with Gasteiger partial charge in [0.15, 0.2) is 6.29 Å². The number of rotatable bonds is 7. The minimum Gasteiger partial charge on any atom is -0.489 e. The molecule has 4 heterocycles. The standard InChI is InChI=1S/C37H45N3O13/c1-43-20-37-33(48-6)30(45-3)28(52-37)19-50-26-17-10-8-13-22(26)40-35(42)24-15-11-14-23(38-24)34(41)39-21-12-7-9-16-25(21)49-18-27-29(44-2)31(46-4)32(47-5)36(51-27)53-37/h7-17,27-33,36H,18-20H2,1-6H3,(H,39,41)(H,40,42)/t27-,28-,29-,30-,31+,32-,33+,36-,37+/m1/s1. The number of carbonyl (C=O) groups excluding carboxylic acids is 2. The molecule has 3 aliphatic rings. The average Bonchev–Trinajstić information content (AvgIpc) is 3.47. The van der Waals surface area contributed by atoms with Gasteiger partial charge in [-0.1, -0.05) is 30.3 Å². The molecular formula is C37H45N3O13. The van der Waals surface area contributed by atoms with Crippen molar-refractivity contribution in [2.24, 2.45) is 0 Å². The van der Waals surface area contributed by atoms with Crippen molar-refractivity contribution in [1.82, 2.24) is 4.98 Å². The Kier molecular flexibility index (Phi) is 12.5. The van der Waals surface area contributed by atoms with Crippen molar-refractivity contribution in [2.45, 2.75) is 54.8 Å². The molecule has 2 fully saturated rings. The fraction of sp³-hybridized carbons (Fsp3) is 0.486. The van der Waals surface area contributed by atoms with E-state index in [0.29, 0.717) is 22.9 Å². The highest BCUT2D eigenvalue weighted by Gasteiger charge is 2.61. The number of hydrogen-bond acceptors (Lipinski definition) is 14. The molecule has 9 atom stereocenters. The number of hydrogen-bond donors (Lipinski definition) is 2. The molecule has 53 heavy (non-hydrogen) atoms. The second-order valence-corrected chi connectivity index (χ2v) is 12.5. The van der Waals surface area contributed by atoms with Gasteiger partial charge in [-0.2, -0.15) is 0 Å². The van der Waals surface area contributed by atoms with Gasteiger partial charge in [-0.25, -0.2) is 4.98 Å². The van der Waals surface area contributed by atoms with Gasteiger partial charge in [0, 0.05) is 42.7 Å². The Balaban J connectivity index is 1.42. The summed E-state index contributed by atoms with van der Waals surface area (Å²) >= 11 is 0. The number of carbonyl (C=O) groups is 2. The summed E-state index contributed by atoms with van der Waals surface area (Å²) < 4.78 is 67.7. The Hall–Kier alpha value is -4.23. The number of benzene rings is 2. The molecule has 3 aromatic rings. The molecule has 286 valence electrons. The summed E-state index contributed by atoms with van der Waals surface area (Å²) in [6.45, 7) is -0.205. The van der Waals surface area contributed by atoms with E-state index < -0.39 is 66.6 Å². The third-order valence-corrected chi connectivity index (χ3v) is 9.34. The molecule has 1 aromatic heterocycles. The summed E-state index contributed by atoms with van der Waals surface area (Å²) in [4.78, 5) is 31.2. The van der Waals surface area contributed by atoms with E-state index >= 15 is 0 Å². The van der Waals surface area contributed by atoms with E-state index in [9.17, 15) is 9.59 Å². The number of pyridine rings is 1. The molecule has 2 saturated heterocycles. The van der Waals surface area contributed by atoms with Gasteiger partial charge in [-0.15, -0.1) is 0 Å². The van der Waals surface area contributed by atoms with Crippen LogP contribution in [0.4, 0.5) is 11.4 Å². The first kappa shape index (κ1) is 38.5. The zero-order valence-corrected chi connectivity index (χ0v) is 30.3. The van der Waals surface area contributed by atoms with Gasteiger partial charge in [-0.05, 0) is 36.4 Å². The van der Waals surface area contributed by atoms with Crippen LogP contribution < -0.4 is 20.1 Å². The molecule has 0 unspecified atom stereocenters. The van der Waals surface area contributed by atoms with Crippen LogP contribution in [-0.4, -0.2) is 134 Å². The van der Waals surface area contributed by atoms with Crippen molar-refractivity contribution in [3.05, 3.63) is 78.1 Å². The van der Waals surface area contributed by atoms with Crippen LogP contribution in [0.2, 0.25) is 0 Å². The molecule has 2 N–H and O–H groups in total. The Morgan fingerprint density at radius 3 is 1.72 bits per heavy atom. The molecule has 6 bridgehead atoms. The van der Waals surface area contributed by atoms with E-state index in [1.807, 2.05) is 0 Å². The molecule has 6 rings (SSSR count). The number of para-hydroxylation sites is 4. The summed E-state index contributed by atoms with van der Waals surface area (Å²) in [6.07, 6.45) is -6.41. The summed E-state index contributed by atoms with van der Waals surface area (Å²) in [5, 5.41) is 5.67. The van der Waals surface area contributed by atoms with Gasteiger partial charge in [0.1, 0.15) is 85.4 Å². The van der Waals surface area contributed by atoms with Crippen LogP contribution in [0.15, 0.2) is 66.7 Å². The quantitative estimate of drug-likeness (QED) is 0.362. The van der Waals surface area contributed by atoms with Crippen LogP contribution in [0.3, 0.4) is 0 Å². The molecule has 2 amide bonds. The van der Waals surface area contributed by atoms with E-state index in [0.717, 1.165) is 0 Å². The van der Waals surface area contributed by atoms with Crippen LogP contribution in [0.25, 0.3) is 0 Å². The van der Waals surface area contributed by atoms with Crippen molar-refractivity contribution < 1.29 is 61.7 Å². The number of anilines is 2. The van der Waals surface area contributed by atoms with E-state index in [4.69, 9.17) is 52.1 Å². The van der Waals surface area contributed by atoms with Crippen LogP contribution in [0, 0.1) is 0 Å². The van der Waals surface area contributed by atoms with Gasteiger partial charge in [0.2, 0.25) is 5.79 Å². The van der Waals surface area contributed by atoms with Gasteiger partial charge in [0.05, 0.1) is 11.4 Å². The van der Waals surface area contributed by atoms with Crippen LogP contribution in [-0.2, 0) is 42.6 Å². The number of fused-ring (bicyclic) bond motifs is 8. The van der Waals surface area contributed by atoms with Crippen molar-refractivity contribution >= 4 is 23.2 Å². The number of nitrogens with one attached hydrogen (secondary N) is 2. The highest BCUT2D eigenvalue weighted by molar-refractivity contribution is 6.07. The predicted octanol–water partition coefficient (Wildman–Crippen LogP) is 2.92. The maximum atomic E-state index is 13.5. The van der Waals surface area contributed by atoms with Crippen molar-refractivity contribution in [3.63, 3.8) is 0 Å². The second-order valence-electron chi connectivity index (χ2n) is 12.5.